The fourth-order valence-electron chi connectivity index (χ4n) is 5.55. The number of halogens is 1. The van der Waals surface area contributed by atoms with Gasteiger partial charge in [-0.15, -0.1) is 12.4 Å². The van der Waals surface area contributed by atoms with Crippen molar-refractivity contribution >= 4 is 29.3 Å². The van der Waals surface area contributed by atoms with Gasteiger partial charge in [0.15, 0.2) is 5.60 Å². The first-order valence-corrected chi connectivity index (χ1v) is 10.8. The Morgan fingerprint density at radius 1 is 1.30 bits per heavy atom. The molecule has 0 spiro atoms. The lowest BCUT2D eigenvalue weighted by molar-refractivity contribution is -0.172. The third kappa shape index (κ3) is 2.68. The van der Waals surface area contributed by atoms with Crippen LogP contribution in [-0.4, -0.2) is 27.7 Å². The lowest BCUT2D eigenvalue weighted by atomic mass is 9.83. The first-order chi connectivity index (χ1) is 15.4. The van der Waals surface area contributed by atoms with Crippen LogP contribution in [0.15, 0.2) is 23.0 Å². The molecule has 3 N–H and O–H groups in total. The highest BCUT2D eigenvalue weighted by Gasteiger charge is 2.45. The minimum absolute atomic E-state index is 0. The van der Waals surface area contributed by atoms with Gasteiger partial charge in [0.2, 0.25) is 0 Å². The number of nitrogens with zero attached hydrogens (tertiary/aromatic N) is 2. The van der Waals surface area contributed by atoms with Crippen LogP contribution in [0.1, 0.15) is 53.6 Å². The molecule has 0 bridgehead atoms. The van der Waals surface area contributed by atoms with Crippen molar-refractivity contribution in [2.24, 2.45) is 5.73 Å². The van der Waals surface area contributed by atoms with Gasteiger partial charge in [-0.1, -0.05) is 6.92 Å². The summed E-state index contributed by atoms with van der Waals surface area (Å²) in [7, 11) is 1.66. The zero-order valence-electron chi connectivity index (χ0n) is 18.3. The Balaban J connectivity index is 0.00000228. The van der Waals surface area contributed by atoms with E-state index in [1.807, 2.05) is 12.1 Å². The highest BCUT2D eigenvalue weighted by atomic mass is 35.5. The largest absolute Gasteiger partial charge is 0.496 e. The summed E-state index contributed by atoms with van der Waals surface area (Å²) in [5, 5.41) is 12.1. The molecule has 1 aromatic carbocycles. The average molecular weight is 470 g/mol. The van der Waals surface area contributed by atoms with Gasteiger partial charge in [0.25, 0.3) is 5.56 Å². The molecule has 1 unspecified atom stereocenters. The molecule has 172 valence electrons. The summed E-state index contributed by atoms with van der Waals surface area (Å²) in [6.45, 7) is 1.89. The number of carbonyl (C=O) groups is 1. The zero-order chi connectivity index (χ0) is 22.4. The van der Waals surface area contributed by atoms with Crippen molar-refractivity contribution in [3.05, 3.63) is 56.4 Å². The summed E-state index contributed by atoms with van der Waals surface area (Å²) in [4.78, 5) is 30.7. The quantitative estimate of drug-likeness (QED) is 0.433. The normalized spacial score (nSPS) is 22.2. The van der Waals surface area contributed by atoms with E-state index in [9.17, 15) is 14.7 Å². The van der Waals surface area contributed by atoms with Crippen LogP contribution < -0.4 is 16.0 Å². The molecule has 0 saturated carbocycles. The van der Waals surface area contributed by atoms with Crippen LogP contribution in [0.5, 0.6) is 5.75 Å². The number of pyridine rings is 2. The summed E-state index contributed by atoms with van der Waals surface area (Å²) >= 11 is 0. The molecular weight excluding hydrogens is 446 g/mol. The van der Waals surface area contributed by atoms with Gasteiger partial charge in [-0.05, 0) is 43.0 Å². The van der Waals surface area contributed by atoms with Crippen LogP contribution in [0.25, 0.3) is 22.3 Å². The molecule has 3 aliphatic rings. The van der Waals surface area contributed by atoms with Crippen LogP contribution in [0, 0.1) is 0 Å². The average Bonchev–Trinajstić information content (AvgIpc) is 3.17. The standard InChI is InChI=1S/C24H23N3O5.ClH/c1-3-24(30)14-8-17-21-12(9-27(17)22(28)13(14)10-32-23(24)29)19-15(25)5-4-11-18(31-2)7-6-16(26-21)20(11)19;/h6-8,15,30H,3-5,9-10,25H2,1-2H3;1H/t15?,24-;/m0./s1. The van der Waals surface area contributed by atoms with Crippen LogP contribution in [0.4, 0.5) is 0 Å². The molecule has 0 fully saturated rings. The molecule has 6 rings (SSSR count). The molecule has 2 aliphatic heterocycles. The fourth-order valence-corrected chi connectivity index (χ4v) is 5.55. The van der Waals surface area contributed by atoms with Crippen LogP contribution in [0.2, 0.25) is 0 Å². The summed E-state index contributed by atoms with van der Waals surface area (Å²) in [6, 6.07) is 5.39. The number of ether oxygens (including phenoxy) is 2. The Hall–Kier alpha value is -2.94. The third-order valence-corrected chi connectivity index (χ3v) is 7.26. The SMILES string of the molecule is CC[C@@]1(O)C(=O)OCc2c1cc1n(c2=O)Cc2c-1nc1ccc(OC)c3c1c2C(N)CC3.Cl. The Kier molecular flexibility index (Phi) is 4.83. The number of fused-ring (bicyclic) bond motifs is 5. The topological polar surface area (TPSA) is 117 Å². The van der Waals surface area contributed by atoms with E-state index >= 15 is 0 Å². The molecule has 1 aliphatic carbocycles. The number of esters is 1. The number of cyclic esters (lactones) is 1. The van der Waals surface area contributed by atoms with Crippen molar-refractivity contribution in [3.63, 3.8) is 0 Å². The van der Waals surface area contributed by atoms with Crippen molar-refractivity contribution in [2.45, 2.75) is 51.0 Å². The van der Waals surface area contributed by atoms with Crippen LogP contribution in [-0.2, 0) is 34.7 Å². The van der Waals surface area contributed by atoms with E-state index in [-0.39, 0.29) is 37.0 Å². The van der Waals surface area contributed by atoms with E-state index in [1.165, 1.54) is 0 Å². The van der Waals surface area contributed by atoms with E-state index in [1.54, 1.807) is 24.7 Å². The lowest BCUT2D eigenvalue weighted by Crippen LogP contribution is -2.44. The van der Waals surface area contributed by atoms with Crippen LogP contribution >= 0.6 is 12.4 Å². The first kappa shape index (κ1) is 21.9. The predicted molar refractivity (Wildman–Crippen MR) is 124 cm³/mol. The number of carbonyl (C=O) groups excluding carboxylic acids is 1. The van der Waals surface area contributed by atoms with Crippen molar-refractivity contribution in [1.82, 2.24) is 9.55 Å². The number of aromatic nitrogens is 2. The van der Waals surface area contributed by atoms with E-state index in [0.29, 0.717) is 29.1 Å². The zero-order valence-corrected chi connectivity index (χ0v) is 19.1. The van der Waals surface area contributed by atoms with Gasteiger partial charge in [-0.2, -0.15) is 0 Å². The van der Waals surface area contributed by atoms with E-state index in [0.717, 1.165) is 46.2 Å². The molecular formula is C24H24ClN3O5. The number of methoxy groups -OCH3 is 1. The smallest absolute Gasteiger partial charge is 0.343 e. The van der Waals surface area contributed by atoms with Gasteiger partial charge in [-0.25, -0.2) is 9.78 Å². The molecule has 0 saturated heterocycles. The van der Waals surface area contributed by atoms with Crippen molar-refractivity contribution < 1.29 is 19.4 Å². The molecule has 0 radical (unpaired) electrons. The number of benzene rings is 1. The second-order valence-electron chi connectivity index (χ2n) is 8.74. The Bertz CT molecular complexity index is 1420. The Morgan fingerprint density at radius 3 is 2.82 bits per heavy atom. The van der Waals surface area contributed by atoms with Crippen molar-refractivity contribution in [1.29, 1.82) is 0 Å². The van der Waals surface area contributed by atoms with Crippen molar-refractivity contribution in [2.75, 3.05) is 7.11 Å². The van der Waals surface area contributed by atoms with Crippen LogP contribution in [0.3, 0.4) is 0 Å². The summed E-state index contributed by atoms with van der Waals surface area (Å²) < 4.78 is 12.4. The first-order valence-electron chi connectivity index (χ1n) is 10.8. The second-order valence-corrected chi connectivity index (χ2v) is 8.74. The number of rotatable bonds is 2. The molecule has 3 aromatic rings. The third-order valence-electron chi connectivity index (χ3n) is 7.26. The molecule has 8 nitrogen and oxygen atoms in total. The molecule has 2 atom stereocenters. The molecule has 0 amide bonds. The fraction of sp³-hybridized carbons (Fsp3) is 0.375. The molecule has 33 heavy (non-hydrogen) atoms. The molecule has 9 heteroatoms. The minimum atomic E-state index is -1.84. The number of aryl methyl sites for hydroxylation is 1. The monoisotopic (exact) mass is 469 g/mol. The summed E-state index contributed by atoms with van der Waals surface area (Å²) in [5.74, 6) is 0.0922. The van der Waals surface area contributed by atoms with Crippen molar-refractivity contribution in [3.8, 4) is 17.1 Å². The van der Waals surface area contributed by atoms with Gasteiger partial charge >= 0.3 is 5.97 Å². The number of nitrogens with two attached hydrogens (primary N) is 1. The maximum absolute atomic E-state index is 13.4. The molecule has 4 heterocycles. The van der Waals surface area contributed by atoms with Gasteiger partial charge < -0.3 is 24.9 Å². The van der Waals surface area contributed by atoms with E-state index in [4.69, 9.17) is 20.2 Å². The summed E-state index contributed by atoms with van der Waals surface area (Å²) in [6.07, 6.45) is 1.69. The van der Waals surface area contributed by atoms with E-state index in [2.05, 4.69) is 0 Å². The van der Waals surface area contributed by atoms with Gasteiger partial charge in [0.05, 0.1) is 36.1 Å². The predicted octanol–water partition coefficient (Wildman–Crippen LogP) is 2.46. The van der Waals surface area contributed by atoms with Gasteiger partial charge in [-0.3, -0.25) is 4.79 Å². The highest BCUT2D eigenvalue weighted by Crippen LogP contribution is 2.45. The minimum Gasteiger partial charge on any atom is -0.496 e. The van der Waals surface area contributed by atoms with E-state index < -0.39 is 11.6 Å². The maximum Gasteiger partial charge on any atom is 0.343 e. The lowest BCUT2D eigenvalue weighted by Gasteiger charge is -2.31. The summed E-state index contributed by atoms with van der Waals surface area (Å²) in [5.41, 5.74) is 10.2. The maximum atomic E-state index is 13.4. The van der Waals surface area contributed by atoms with Gasteiger partial charge in [0.1, 0.15) is 12.4 Å². The highest BCUT2D eigenvalue weighted by molar-refractivity contribution is 5.93. The second kappa shape index (κ2) is 7.28. The Morgan fingerprint density at radius 2 is 2.09 bits per heavy atom. The molecule has 2 aromatic heterocycles. The number of hydrogen-bond acceptors (Lipinski definition) is 7. The number of hydrogen-bond donors (Lipinski definition) is 2. The number of aliphatic hydroxyl groups is 1. The van der Waals surface area contributed by atoms with Gasteiger partial charge in [0, 0.05) is 28.1 Å². The Labute approximate surface area is 195 Å².